The second-order valence-corrected chi connectivity index (χ2v) is 7.90. The molecule has 1 saturated carbocycles. The van der Waals surface area contributed by atoms with Crippen molar-refractivity contribution >= 4 is 7.85 Å². The van der Waals surface area contributed by atoms with Crippen molar-refractivity contribution in [2.24, 2.45) is 11.8 Å². The van der Waals surface area contributed by atoms with Crippen molar-refractivity contribution in [3.8, 4) is 22.4 Å². The summed E-state index contributed by atoms with van der Waals surface area (Å²) in [7, 11) is 2.45. The zero-order valence-corrected chi connectivity index (χ0v) is 15.9. The van der Waals surface area contributed by atoms with E-state index >= 15 is 0 Å². The average Bonchev–Trinajstić information content (AvgIpc) is 2.72. The van der Waals surface area contributed by atoms with Crippen LogP contribution in [0.1, 0.15) is 32.3 Å². The van der Waals surface area contributed by atoms with E-state index in [1.54, 1.807) is 0 Å². The lowest BCUT2D eigenvalue weighted by Crippen LogP contribution is -2.52. The molecule has 0 saturated heterocycles. The Morgan fingerprint density at radius 3 is 2.35 bits per heavy atom. The van der Waals surface area contributed by atoms with Gasteiger partial charge in [-0.15, -0.1) is 0 Å². The second kappa shape index (κ2) is 6.76. The highest BCUT2D eigenvalue weighted by molar-refractivity contribution is 6.17. The Morgan fingerprint density at radius 1 is 0.962 bits per heavy atom. The van der Waals surface area contributed by atoms with Crippen LogP contribution in [-0.4, -0.2) is 12.8 Å². The summed E-state index contributed by atoms with van der Waals surface area (Å²) in [6, 6.07) is 23.9. The van der Waals surface area contributed by atoms with E-state index in [2.05, 4.69) is 87.3 Å². The first-order valence-corrected chi connectivity index (χ1v) is 9.75. The predicted octanol–water partition coefficient (Wildman–Crippen LogP) is 5.31. The third kappa shape index (κ3) is 2.78. The number of hydrogen-bond acceptors (Lipinski definition) is 1. The summed E-state index contributed by atoms with van der Waals surface area (Å²) >= 11 is 0. The van der Waals surface area contributed by atoms with Crippen molar-refractivity contribution in [1.82, 2.24) is 4.98 Å². The summed E-state index contributed by atoms with van der Waals surface area (Å²) < 4.78 is 0. The van der Waals surface area contributed by atoms with Crippen LogP contribution in [0, 0.1) is 11.8 Å². The van der Waals surface area contributed by atoms with Crippen LogP contribution in [0.3, 0.4) is 0 Å². The molecule has 0 N–H and O–H groups in total. The van der Waals surface area contributed by atoms with Gasteiger partial charge < -0.3 is 0 Å². The summed E-state index contributed by atoms with van der Waals surface area (Å²) in [5.41, 5.74) is 6.16. The summed E-state index contributed by atoms with van der Waals surface area (Å²) in [5.74, 6) is 1.58. The molecular formula is C24H26BN. The first kappa shape index (κ1) is 17.1. The van der Waals surface area contributed by atoms with E-state index in [0.29, 0.717) is 5.31 Å². The van der Waals surface area contributed by atoms with E-state index in [0.717, 1.165) is 23.1 Å². The standard InChI is InChI=1S/C24H26BN/c1-3-21-15-17(2)24(21,25)22-11-9-18(10-12-22)20-13-14-26-23(16-20)19-7-5-4-6-8-19/h4-14,16-17,21H,3,15,25H2,1-2H3. The van der Waals surface area contributed by atoms with Crippen LogP contribution in [0.25, 0.3) is 22.4 Å². The molecule has 1 aliphatic rings. The molecule has 1 fully saturated rings. The molecule has 3 unspecified atom stereocenters. The van der Waals surface area contributed by atoms with Gasteiger partial charge in [-0.05, 0) is 52.4 Å². The maximum atomic E-state index is 4.55. The lowest BCUT2D eigenvalue weighted by atomic mass is 9.40. The minimum Gasteiger partial charge on any atom is -0.256 e. The van der Waals surface area contributed by atoms with Gasteiger partial charge in [0.15, 0.2) is 0 Å². The Kier molecular flexibility index (Phi) is 4.44. The summed E-state index contributed by atoms with van der Waals surface area (Å²) in [6.45, 7) is 4.72. The predicted molar refractivity (Wildman–Crippen MR) is 113 cm³/mol. The van der Waals surface area contributed by atoms with Crippen LogP contribution in [0.4, 0.5) is 0 Å². The van der Waals surface area contributed by atoms with E-state index in [9.17, 15) is 0 Å². The molecule has 1 aliphatic carbocycles. The van der Waals surface area contributed by atoms with Crippen LogP contribution < -0.4 is 0 Å². The highest BCUT2D eigenvalue weighted by Crippen LogP contribution is 2.52. The SMILES string of the molecule is BC1(c2ccc(-c3ccnc(-c4ccccc4)c3)cc2)C(C)CC1CC. The van der Waals surface area contributed by atoms with E-state index in [-0.39, 0.29) is 0 Å². The van der Waals surface area contributed by atoms with Crippen LogP contribution in [0.5, 0.6) is 0 Å². The average molecular weight is 339 g/mol. The Hall–Kier alpha value is -2.35. The third-order valence-electron chi connectivity index (χ3n) is 6.67. The second-order valence-electron chi connectivity index (χ2n) is 7.90. The molecule has 3 aromatic rings. The molecule has 130 valence electrons. The lowest BCUT2D eigenvalue weighted by Gasteiger charge is -2.54. The number of nitrogens with zero attached hydrogens (tertiary/aromatic N) is 1. The van der Waals surface area contributed by atoms with E-state index in [1.807, 2.05) is 12.3 Å². The van der Waals surface area contributed by atoms with Gasteiger partial charge in [0, 0.05) is 11.8 Å². The van der Waals surface area contributed by atoms with Gasteiger partial charge >= 0.3 is 0 Å². The Morgan fingerprint density at radius 2 is 1.69 bits per heavy atom. The minimum atomic E-state index is 0.334. The molecule has 1 nitrogen and oxygen atoms in total. The van der Waals surface area contributed by atoms with Crippen molar-refractivity contribution in [3.63, 3.8) is 0 Å². The van der Waals surface area contributed by atoms with Gasteiger partial charge in [0.05, 0.1) is 5.69 Å². The maximum Gasteiger partial charge on any atom is 0.115 e. The van der Waals surface area contributed by atoms with Gasteiger partial charge in [-0.2, -0.15) is 0 Å². The smallest absolute Gasteiger partial charge is 0.115 e. The molecule has 0 radical (unpaired) electrons. The molecule has 0 spiro atoms. The summed E-state index contributed by atoms with van der Waals surface area (Å²) in [4.78, 5) is 4.55. The molecule has 26 heavy (non-hydrogen) atoms. The fraction of sp³-hybridized carbons (Fsp3) is 0.292. The first-order chi connectivity index (χ1) is 12.6. The van der Waals surface area contributed by atoms with E-state index in [4.69, 9.17) is 0 Å². The van der Waals surface area contributed by atoms with Crippen LogP contribution >= 0.6 is 0 Å². The van der Waals surface area contributed by atoms with Crippen LogP contribution in [-0.2, 0) is 5.31 Å². The first-order valence-electron chi connectivity index (χ1n) is 9.75. The van der Waals surface area contributed by atoms with Gasteiger partial charge in [-0.1, -0.05) is 74.9 Å². The zero-order valence-electron chi connectivity index (χ0n) is 15.9. The van der Waals surface area contributed by atoms with Gasteiger partial charge in [0.25, 0.3) is 0 Å². The number of benzene rings is 2. The Labute approximate surface area is 157 Å². The number of hydrogen-bond donors (Lipinski definition) is 0. The van der Waals surface area contributed by atoms with Gasteiger partial charge in [-0.3, -0.25) is 4.98 Å². The fourth-order valence-corrected chi connectivity index (χ4v) is 4.67. The number of pyridine rings is 1. The van der Waals surface area contributed by atoms with Gasteiger partial charge in [-0.25, -0.2) is 0 Å². The monoisotopic (exact) mass is 339 g/mol. The van der Waals surface area contributed by atoms with Crippen molar-refractivity contribution in [1.29, 1.82) is 0 Å². The zero-order chi connectivity index (χ0) is 18.1. The normalized spacial score (nSPS) is 24.8. The molecule has 0 amide bonds. The lowest BCUT2D eigenvalue weighted by molar-refractivity contribution is 0.111. The molecule has 1 aromatic heterocycles. The largest absolute Gasteiger partial charge is 0.256 e. The molecule has 0 aliphatic heterocycles. The molecule has 0 bridgehead atoms. The third-order valence-corrected chi connectivity index (χ3v) is 6.67. The molecule has 3 atom stereocenters. The van der Waals surface area contributed by atoms with Crippen LogP contribution in [0.2, 0.25) is 0 Å². The quantitative estimate of drug-likeness (QED) is 0.587. The molecular weight excluding hydrogens is 313 g/mol. The summed E-state index contributed by atoms with van der Waals surface area (Å²) in [5, 5.41) is 0.334. The van der Waals surface area contributed by atoms with Crippen molar-refractivity contribution < 1.29 is 0 Å². The Bertz CT molecular complexity index is 888. The fourth-order valence-electron chi connectivity index (χ4n) is 4.67. The highest BCUT2D eigenvalue weighted by atomic mass is 14.7. The van der Waals surface area contributed by atoms with Crippen LogP contribution in [0.15, 0.2) is 72.9 Å². The molecule has 4 rings (SSSR count). The maximum absolute atomic E-state index is 4.55. The van der Waals surface area contributed by atoms with E-state index in [1.165, 1.54) is 29.5 Å². The highest BCUT2D eigenvalue weighted by Gasteiger charge is 2.48. The van der Waals surface area contributed by atoms with Crippen molar-refractivity contribution in [2.45, 2.75) is 32.0 Å². The minimum absolute atomic E-state index is 0.334. The molecule has 2 aromatic carbocycles. The number of rotatable bonds is 4. The van der Waals surface area contributed by atoms with Crippen molar-refractivity contribution in [2.75, 3.05) is 0 Å². The molecule has 2 heteroatoms. The number of aromatic nitrogens is 1. The summed E-state index contributed by atoms with van der Waals surface area (Å²) in [6.07, 6.45) is 4.54. The Balaban J connectivity index is 1.64. The molecule has 1 heterocycles. The van der Waals surface area contributed by atoms with Gasteiger partial charge in [0.2, 0.25) is 0 Å². The topological polar surface area (TPSA) is 12.9 Å². The van der Waals surface area contributed by atoms with Gasteiger partial charge in [0.1, 0.15) is 7.85 Å². The van der Waals surface area contributed by atoms with E-state index < -0.39 is 0 Å². The van der Waals surface area contributed by atoms with Crippen molar-refractivity contribution in [3.05, 3.63) is 78.5 Å².